The molecule has 0 radical (unpaired) electrons. The van der Waals surface area contributed by atoms with E-state index in [2.05, 4.69) is 18.8 Å². The van der Waals surface area contributed by atoms with Crippen LogP contribution in [-0.4, -0.2) is 16.7 Å². The van der Waals surface area contributed by atoms with Crippen LogP contribution in [0, 0.1) is 5.92 Å². The van der Waals surface area contributed by atoms with Crippen LogP contribution in [0.4, 0.5) is 0 Å². The lowest BCUT2D eigenvalue weighted by atomic mass is 9.90. The third-order valence-electron chi connectivity index (χ3n) is 2.11. The van der Waals surface area contributed by atoms with Gasteiger partial charge in [-0.25, -0.2) is 0 Å². The normalized spacial score (nSPS) is 13.3. The van der Waals surface area contributed by atoms with Crippen LogP contribution in [-0.2, 0) is 0 Å². The zero-order valence-corrected chi connectivity index (χ0v) is 7.57. The van der Waals surface area contributed by atoms with E-state index in [0.29, 0.717) is 5.92 Å². The van der Waals surface area contributed by atoms with Gasteiger partial charge in [0.15, 0.2) is 0 Å². The maximum atomic E-state index is 9.12. The Balaban J connectivity index is 2.80. The highest BCUT2D eigenvalue weighted by Gasteiger charge is 2.13. The first-order valence-corrected chi connectivity index (χ1v) is 4.26. The van der Waals surface area contributed by atoms with E-state index in [0.717, 1.165) is 5.56 Å². The average Bonchev–Trinajstić information content (AvgIpc) is 2.07. The van der Waals surface area contributed by atoms with Crippen LogP contribution in [0.15, 0.2) is 24.5 Å². The second-order valence-electron chi connectivity index (χ2n) is 3.32. The van der Waals surface area contributed by atoms with Crippen molar-refractivity contribution in [2.45, 2.75) is 19.8 Å². The third kappa shape index (κ3) is 2.05. The Hall–Kier alpha value is -0.890. The molecule has 0 unspecified atom stereocenters. The van der Waals surface area contributed by atoms with Crippen molar-refractivity contribution < 1.29 is 5.11 Å². The molecule has 0 aliphatic rings. The second kappa shape index (κ2) is 4.21. The first-order valence-electron chi connectivity index (χ1n) is 4.26. The molecular weight excluding hydrogens is 150 g/mol. The van der Waals surface area contributed by atoms with E-state index < -0.39 is 0 Å². The minimum atomic E-state index is 0.198. The SMILES string of the molecule is CC(C)[C@H](CO)c1cccnc1. The largest absolute Gasteiger partial charge is 0.396 e. The molecule has 0 aliphatic heterocycles. The first kappa shape index (κ1) is 9.20. The molecule has 0 aliphatic carbocycles. The van der Waals surface area contributed by atoms with Gasteiger partial charge in [0.05, 0.1) is 6.61 Å². The molecule has 0 saturated heterocycles. The van der Waals surface area contributed by atoms with E-state index >= 15 is 0 Å². The van der Waals surface area contributed by atoms with Gasteiger partial charge in [-0.05, 0) is 17.5 Å². The fraction of sp³-hybridized carbons (Fsp3) is 0.500. The van der Waals surface area contributed by atoms with Crippen molar-refractivity contribution in [3.05, 3.63) is 30.1 Å². The summed E-state index contributed by atoms with van der Waals surface area (Å²) in [6.07, 6.45) is 3.57. The molecule has 0 bridgehead atoms. The van der Waals surface area contributed by atoms with Gasteiger partial charge in [-0.3, -0.25) is 4.98 Å². The Morgan fingerprint density at radius 2 is 2.25 bits per heavy atom. The number of nitrogens with zero attached hydrogens (tertiary/aromatic N) is 1. The summed E-state index contributed by atoms with van der Waals surface area (Å²) in [6, 6.07) is 3.91. The Labute approximate surface area is 73.3 Å². The van der Waals surface area contributed by atoms with Crippen LogP contribution >= 0.6 is 0 Å². The summed E-state index contributed by atoms with van der Waals surface area (Å²) in [7, 11) is 0. The highest BCUT2D eigenvalue weighted by atomic mass is 16.3. The van der Waals surface area contributed by atoms with Gasteiger partial charge in [0.25, 0.3) is 0 Å². The summed E-state index contributed by atoms with van der Waals surface area (Å²) in [6.45, 7) is 4.41. The molecule has 1 aromatic rings. The van der Waals surface area contributed by atoms with Crippen molar-refractivity contribution in [1.29, 1.82) is 0 Å². The van der Waals surface area contributed by atoms with Crippen LogP contribution in [0.3, 0.4) is 0 Å². The minimum absolute atomic E-state index is 0.198. The summed E-state index contributed by atoms with van der Waals surface area (Å²) in [5, 5.41) is 9.12. The van der Waals surface area contributed by atoms with E-state index in [1.807, 2.05) is 18.3 Å². The predicted molar refractivity (Wildman–Crippen MR) is 48.9 cm³/mol. The van der Waals surface area contributed by atoms with Crippen LogP contribution < -0.4 is 0 Å². The van der Waals surface area contributed by atoms with E-state index in [1.165, 1.54) is 0 Å². The lowest BCUT2D eigenvalue weighted by Gasteiger charge is -2.17. The van der Waals surface area contributed by atoms with Crippen LogP contribution in [0.2, 0.25) is 0 Å². The van der Waals surface area contributed by atoms with Crippen molar-refractivity contribution >= 4 is 0 Å². The minimum Gasteiger partial charge on any atom is -0.396 e. The standard InChI is InChI=1S/C10H15NO/c1-8(2)10(7-12)9-4-3-5-11-6-9/h3-6,8,10,12H,7H2,1-2H3/t10-/m0/s1. The van der Waals surface area contributed by atoms with Crippen molar-refractivity contribution in [2.75, 3.05) is 6.61 Å². The number of pyridine rings is 1. The van der Waals surface area contributed by atoms with E-state index in [-0.39, 0.29) is 12.5 Å². The smallest absolute Gasteiger partial charge is 0.0502 e. The molecule has 1 rings (SSSR count). The average molecular weight is 165 g/mol. The van der Waals surface area contributed by atoms with E-state index in [4.69, 9.17) is 5.11 Å². The summed E-state index contributed by atoms with van der Waals surface area (Å²) < 4.78 is 0. The zero-order chi connectivity index (χ0) is 8.97. The van der Waals surface area contributed by atoms with Gasteiger partial charge in [0, 0.05) is 18.3 Å². The highest BCUT2D eigenvalue weighted by molar-refractivity contribution is 5.15. The van der Waals surface area contributed by atoms with Gasteiger partial charge in [-0.1, -0.05) is 19.9 Å². The molecule has 0 spiro atoms. The molecule has 0 aromatic carbocycles. The lowest BCUT2D eigenvalue weighted by molar-refractivity contribution is 0.237. The van der Waals surface area contributed by atoms with Crippen molar-refractivity contribution in [1.82, 2.24) is 4.98 Å². The van der Waals surface area contributed by atoms with Gasteiger partial charge in [0.1, 0.15) is 0 Å². The summed E-state index contributed by atoms with van der Waals surface area (Å²) in [5.74, 6) is 0.679. The molecule has 2 nitrogen and oxygen atoms in total. The fourth-order valence-electron chi connectivity index (χ4n) is 1.30. The Kier molecular flexibility index (Phi) is 3.23. The summed E-state index contributed by atoms with van der Waals surface area (Å²) in [5.41, 5.74) is 1.12. The molecule has 1 atom stereocenters. The number of aromatic nitrogens is 1. The number of aliphatic hydroxyl groups is 1. The topological polar surface area (TPSA) is 33.1 Å². The third-order valence-corrected chi connectivity index (χ3v) is 2.11. The summed E-state index contributed by atoms with van der Waals surface area (Å²) >= 11 is 0. The van der Waals surface area contributed by atoms with Crippen LogP contribution in [0.1, 0.15) is 25.3 Å². The van der Waals surface area contributed by atoms with Crippen molar-refractivity contribution in [3.8, 4) is 0 Å². The zero-order valence-electron chi connectivity index (χ0n) is 7.57. The predicted octanol–water partition coefficient (Wildman–Crippen LogP) is 1.81. The Morgan fingerprint density at radius 3 is 2.67 bits per heavy atom. The molecular formula is C10H15NO. The maximum absolute atomic E-state index is 9.12. The molecule has 1 N–H and O–H groups in total. The van der Waals surface area contributed by atoms with Crippen molar-refractivity contribution in [2.24, 2.45) is 5.92 Å². The van der Waals surface area contributed by atoms with Gasteiger partial charge in [0.2, 0.25) is 0 Å². The fourth-order valence-corrected chi connectivity index (χ4v) is 1.30. The molecule has 0 saturated carbocycles. The van der Waals surface area contributed by atoms with Gasteiger partial charge in [-0.2, -0.15) is 0 Å². The number of hydrogen-bond acceptors (Lipinski definition) is 2. The molecule has 66 valence electrons. The molecule has 1 heterocycles. The second-order valence-corrected chi connectivity index (χ2v) is 3.32. The summed E-state index contributed by atoms with van der Waals surface area (Å²) in [4.78, 5) is 4.02. The quantitative estimate of drug-likeness (QED) is 0.741. The van der Waals surface area contributed by atoms with Gasteiger partial charge >= 0.3 is 0 Å². The Bertz CT molecular complexity index is 221. The number of rotatable bonds is 3. The molecule has 0 fully saturated rings. The number of aliphatic hydroxyl groups excluding tert-OH is 1. The van der Waals surface area contributed by atoms with E-state index in [1.54, 1.807) is 6.20 Å². The molecule has 2 heteroatoms. The van der Waals surface area contributed by atoms with Gasteiger partial charge in [-0.15, -0.1) is 0 Å². The maximum Gasteiger partial charge on any atom is 0.0502 e. The Morgan fingerprint density at radius 1 is 1.50 bits per heavy atom. The lowest BCUT2D eigenvalue weighted by Crippen LogP contribution is -2.11. The van der Waals surface area contributed by atoms with Crippen molar-refractivity contribution in [3.63, 3.8) is 0 Å². The number of hydrogen-bond donors (Lipinski definition) is 1. The monoisotopic (exact) mass is 165 g/mol. The van der Waals surface area contributed by atoms with Crippen LogP contribution in [0.5, 0.6) is 0 Å². The first-order chi connectivity index (χ1) is 5.75. The highest BCUT2D eigenvalue weighted by Crippen LogP contribution is 2.22. The van der Waals surface area contributed by atoms with Crippen LogP contribution in [0.25, 0.3) is 0 Å². The molecule has 0 amide bonds. The van der Waals surface area contributed by atoms with Gasteiger partial charge < -0.3 is 5.11 Å². The molecule has 1 aromatic heterocycles. The molecule has 12 heavy (non-hydrogen) atoms. The van der Waals surface area contributed by atoms with E-state index in [9.17, 15) is 0 Å².